The van der Waals surface area contributed by atoms with Crippen molar-refractivity contribution in [3.63, 3.8) is 0 Å². The van der Waals surface area contributed by atoms with Gasteiger partial charge in [0.1, 0.15) is 5.03 Å². The minimum Gasteiger partial charge on any atom is -0.447 e. The van der Waals surface area contributed by atoms with Crippen LogP contribution < -0.4 is 0 Å². The van der Waals surface area contributed by atoms with Crippen molar-refractivity contribution in [2.45, 2.75) is 6.10 Å². The van der Waals surface area contributed by atoms with Gasteiger partial charge in [-0.05, 0) is 17.7 Å². The molecule has 1 heterocycles. The van der Waals surface area contributed by atoms with Crippen molar-refractivity contribution >= 4 is 45.1 Å². The first-order chi connectivity index (χ1) is 7.09. The summed E-state index contributed by atoms with van der Waals surface area (Å²) in [5, 5.41) is 0.202. The van der Waals surface area contributed by atoms with Crippen LogP contribution in [0.15, 0.2) is 38.8 Å². The summed E-state index contributed by atoms with van der Waals surface area (Å²) < 4.78 is 5.97. The quantitative estimate of drug-likeness (QED) is 0.739. The molecule has 0 saturated carbocycles. The molecule has 0 saturated heterocycles. The van der Waals surface area contributed by atoms with E-state index in [1.165, 1.54) is 0 Å². The van der Waals surface area contributed by atoms with Crippen molar-refractivity contribution in [1.29, 1.82) is 0 Å². The Morgan fingerprint density at radius 3 is 2.27 bits per heavy atom. The predicted molar refractivity (Wildman–Crippen MR) is 61.7 cm³/mol. The van der Waals surface area contributed by atoms with E-state index in [-0.39, 0.29) is 10.1 Å². The standard InChI is InChI=1S/C10H5BrCl2O2/c11-6-3-1-5(2-4-6)9-7(12)8(13)10(14)15-9/h1-4,9H. The molecule has 1 atom stereocenters. The van der Waals surface area contributed by atoms with Crippen LogP contribution in [0, 0.1) is 0 Å². The van der Waals surface area contributed by atoms with E-state index in [0.29, 0.717) is 0 Å². The molecule has 2 nitrogen and oxygen atoms in total. The van der Waals surface area contributed by atoms with Crippen LogP contribution >= 0.6 is 39.1 Å². The summed E-state index contributed by atoms with van der Waals surface area (Å²) in [4.78, 5) is 11.1. The Balaban J connectivity index is 2.35. The molecule has 5 heteroatoms. The molecular weight excluding hydrogens is 303 g/mol. The summed E-state index contributed by atoms with van der Waals surface area (Å²) in [6, 6.07) is 7.33. The number of cyclic esters (lactones) is 1. The number of rotatable bonds is 1. The first-order valence-corrected chi connectivity index (χ1v) is 5.66. The average Bonchev–Trinajstić information content (AvgIpc) is 2.47. The topological polar surface area (TPSA) is 26.3 Å². The summed E-state index contributed by atoms with van der Waals surface area (Å²) >= 11 is 14.9. The van der Waals surface area contributed by atoms with Gasteiger partial charge < -0.3 is 4.74 Å². The highest BCUT2D eigenvalue weighted by molar-refractivity contribution is 9.10. The zero-order valence-corrected chi connectivity index (χ0v) is 10.4. The summed E-state index contributed by atoms with van der Waals surface area (Å²) in [6.45, 7) is 0. The third-order valence-electron chi connectivity index (χ3n) is 2.02. The number of ether oxygens (including phenoxy) is 1. The molecule has 1 aromatic rings. The monoisotopic (exact) mass is 306 g/mol. The van der Waals surface area contributed by atoms with Gasteiger partial charge in [-0.15, -0.1) is 0 Å². The molecule has 0 spiro atoms. The van der Waals surface area contributed by atoms with E-state index in [2.05, 4.69) is 15.9 Å². The highest BCUT2D eigenvalue weighted by atomic mass is 79.9. The molecule has 0 bridgehead atoms. The number of hydrogen-bond acceptors (Lipinski definition) is 2. The van der Waals surface area contributed by atoms with Crippen LogP contribution in [0.5, 0.6) is 0 Å². The van der Waals surface area contributed by atoms with Crippen LogP contribution in [-0.2, 0) is 9.53 Å². The van der Waals surface area contributed by atoms with Gasteiger partial charge in [0.25, 0.3) is 0 Å². The van der Waals surface area contributed by atoms with E-state index in [4.69, 9.17) is 27.9 Å². The lowest BCUT2D eigenvalue weighted by Gasteiger charge is -2.10. The van der Waals surface area contributed by atoms with E-state index in [0.717, 1.165) is 10.0 Å². The molecule has 1 unspecified atom stereocenters. The Morgan fingerprint density at radius 1 is 1.20 bits per heavy atom. The van der Waals surface area contributed by atoms with Gasteiger partial charge in [0.2, 0.25) is 0 Å². The molecule has 1 aromatic carbocycles. The van der Waals surface area contributed by atoms with Crippen LogP contribution in [0.3, 0.4) is 0 Å². The third-order valence-corrected chi connectivity index (χ3v) is 3.39. The van der Waals surface area contributed by atoms with Crippen LogP contribution in [0.1, 0.15) is 11.7 Å². The van der Waals surface area contributed by atoms with Crippen molar-refractivity contribution < 1.29 is 9.53 Å². The first-order valence-electron chi connectivity index (χ1n) is 4.11. The minimum absolute atomic E-state index is 0.0374. The zero-order valence-electron chi connectivity index (χ0n) is 7.34. The molecule has 0 radical (unpaired) electrons. The van der Waals surface area contributed by atoms with E-state index < -0.39 is 12.1 Å². The van der Waals surface area contributed by atoms with E-state index in [1.54, 1.807) is 0 Å². The average molecular weight is 308 g/mol. The van der Waals surface area contributed by atoms with Crippen molar-refractivity contribution in [2.24, 2.45) is 0 Å². The smallest absolute Gasteiger partial charge is 0.352 e. The Bertz CT molecular complexity index is 439. The van der Waals surface area contributed by atoms with Crippen molar-refractivity contribution in [2.75, 3.05) is 0 Å². The van der Waals surface area contributed by atoms with E-state index in [9.17, 15) is 4.79 Å². The van der Waals surface area contributed by atoms with Crippen molar-refractivity contribution in [3.8, 4) is 0 Å². The molecule has 1 aliphatic rings. The number of esters is 1. The SMILES string of the molecule is O=C1OC(c2ccc(Br)cc2)C(Cl)=C1Cl. The van der Waals surface area contributed by atoms with Gasteiger partial charge in [-0.3, -0.25) is 0 Å². The first kappa shape index (κ1) is 11.0. The second-order valence-corrected chi connectivity index (χ2v) is 4.70. The van der Waals surface area contributed by atoms with E-state index >= 15 is 0 Å². The number of carbonyl (C=O) groups excluding carboxylic acids is 1. The van der Waals surface area contributed by atoms with Gasteiger partial charge in [-0.2, -0.15) is 0 Å². The number of carbonyl (C=O) groups is 1. The Kier molecular flexibility index (Phi) is 3.05. The fraction of sp³-hybridized carbons (Fsp3) is 0.100. The van der Waals surface area contributed by atoms with Crippen LogP contribution in [0.25, 0.3) is 0 Å². The Hall–Kier alpha value is -0.510. The minimum atomic E-state index is -0.574. The largest absolute Gasteiger partial charge is 0.447 e. The van der Waals surface area contributed by atoms with Crippen LogP contribution in [0.2, 0.25) is 0 Å². The Labute approximate surface area is 105 Å². The van der Waals surface area contributed by atoms with Crippen molar-refractivity contribution in [1.82, 2.24) is 0 Å². The van der Waals surface area contributed by atoms with Gasteiger partial charge in [-0.1, -0.05) is 51.3 Å². The molecular formula is C10H5BrCl2O2. The molecule has 0 amide bonds. The predicted octanol–water partition coefficient (Wildman–Crippen LogP) is 3.74. The van der Waals surface area contributed by atoms with Crippen LogP contribution in [0.4, 0.5) is 0 Å². The lowest BCUT2D eigenvalue weighted by molar-refractivity contribution is -0.139. The molecule has 0 aliphatic carbocycles. The second-order valence-electron chi connectivity index (χ2n) is 3.00. The highest BCUT2D eigenvalue weighted by Gasteiger charge is 2.33. The molecule has 1 aliphatic heterocycles. The fourth-order valence-corrected chi connectivity index (χ4v) is 1.93. The number of halogens is 3. The summed E-state index contributed by atoms with van der Waals surface area (Å²) in [6.07, 6.45) is -0.570. The van der Waals surface area contributed by atoms with Gasteiger partial charge in [0, 0.05) is 4.47 Å². The molecule has 0 N–H and O–H groups in total. The zero-order chi connectivity index (χ0) is 11.0. The number of benzene rings is 1. The summed E-state index contributed by atoms with van der Waals surface area (Å²) in [7, 11) is 0. The lowest BCUT2D eigenvalue weighted by atomic mass is 10.1. The molecule has 2 rings (SSSR count). The third kappa shape index (κ3) is 2.05. The van der Waals surface area contributed by atoms with Gasteiger partial charge >= 0.3 is 5.97 Å². The maximum absolute atomic E-state index is 11.1. The van der Waals surface area contributed by atoms with E-state index in [1.807, 2.05) is 24.3 Å². The molecule has 0 aromatic heterocycles. The Morgan fingerprint density at radius 2 is 1.80 bits per heavy atom. The lowest BCUT2D eigenvalue weighted by Crippen LogP contribution is -2.01. The second kappa shape index (κ2) is 4.16. The fourth-order valence-electron chi connectivity index (χ4n) is 1.28. The van der Waals surface area contributed by atoms with Crippen molar-refractivity contribution in [3.05, 3.63) is 44.4 Å². The van der Waals surface area contributed by atoms with Crippen LogP contribution in [-0.4, -0.2) is 5.97 Å². The normalized spacial score (nSPS) is 20.7. The molecule has 78 valence electrons. The highest BCUT2D eigenvalue weighted by Crippen LogP contribution is 2.39. The van der Waals surface area contributed by atoms with Gasteiger partial charge in [0.15, 0.2) is 6.10 Å². The molecule has 15 heavy (non-hydrogen) atoms. The molecule has 0 fully saturated rings. The van der Waals surface area contributed by atoms with Gasteiger partial charge in [-0.25, -0.2) is 4.79 Å². The maximum atomic E-state index is 11.1. The number of hydrogen-bond donors (Lipinski definition) is 0. The summed E-state index contributed by atoms with van der Waals surface area (Å²) in [5.41, 5.74) is 0.798. The van der Waals surface area contributed by atoms with Gasteiger partial charge in [0.05, 0.1) is 5.03 Å². The maximum Gasteiger partial charge on any atom is 0.352 e. The summed E-state index contributed by atoms with van der Waals surface area (Å²) in [5.74, 6) is -0.574.